The van der Waals surface area contributed by atoms with Crippen molar-refractivity contribution in [3.05, 3.63) is 53.1 Å². The zero-order valence-corrected chi connectivity index (χ0v) is 12.5. The molecule has 1 atom stereocenters. The van der Waals surface area contributed by atoms with Crippen LogP contribution in [0.4, 0.5) is 0 Å². The minimum Gasteiger partial charge on any atom is -0.495 e. The molecule has 0 bridgehead atoms. The second kappa shape index (κ2) is 6.48. The highest BCUT2D eigenvalue weighted by Crippen LogP contribution is 2.26. The average molecular weight is 271 g/mol. The number of ether oxygens (including phenoxy) is 1. The van der Waals surface area contributed by atoms with Crippen LogP contribution in [-0.4, -0.2) is 23.6 Å². The van der Waals surface area contributed by atoms with Crippen molar-refractivity contribution in [3.63, 3.8) is 0 Å². The highest BCUT2D eigenvalue weighted by molar-refractivity contribution is 5.36. The SMILES string of the molecule is CCNC(c1cncc(OC)c1)c1ccc(C)nc1C. The van der Waals surface area contributed by atoms with Gasteiger partial charge < -0.3 is 10.1 Å². The lowest BCUT2D eigenvalue weighted by molar-refractivity contribution is 0.411. The number of pyridine rings is 2. The van der Waals surface area contributed by atoms with Crippen molar-refractivity contribution in [2.24, 2.45) is 0 Å². The van der Waals surface area contributed by atoms with E-state index in [0.29, 0.717) is 0 Å². The van der Waals surface area contributed by atoms with Gasteiger partial charge in [0, 0.05) is 17.6 Å². The molecule has 2 rings (SSSR count). The monoisotopic (exact) mass is 271 g/mol. The van der Waals surface area contributed by atoms with Crippen molar-refractivity contribution in [1.29, 1.82) is 0 Å². The van der Waals surface area contributed by atoms with Gasteiger partial charge in [-0.3, -0.25) is 9.97 Å². The second-order valence-electron chi connectivity index (χ2n) is 4.78. The molecule has 2 aromatic heterocycles. The molecule has 0 saturated heterocycles. The molecule has 0 saturated carbocycles. The van der Waals surface area contributed by atoms with E-state index in [9.17, 15) is 0 Å². The second-order valence-corrected chi connectivity index (χ2v) is 4.78. The normalized spacial score (nSPS) is 12.2. The topological polar surface area (TPSA) is 47.0 Å². The molecule has 4 heteroatoms. The number of aryl methyl sites for hydroxylation is 2. The largest absolute Gasteiger partial charge is 0.495 e. The van der Waals surface area contributed by atoms with Gasteiger partial charge >= 0.3 is 0 Å². The summed E-state index contributed by atoms with van der Waals surface area (Å²) in [7, 11) is 1.65. The van der Waals surface area contributed by atoms with Gasteiger partial charge in [-0.25, -0.2) is 0 Å². The number of aromatic nitrogens is 2. The van der Waals surface area contributed by atoms with Crippen LogP contribution in [0.1, 0.15) is 35.5 Å². The van der Waals surface area contributed by atoms with Crippen molar-refractivity contribution in [1.82, 2.24) is 15.3 Å². The number of hydrogen-bond donors (Lipinski definition) is 1. The highest BCUT2D eigenvalue weighted by atomic mass is 16.5. The number of rotatable bonds is 5. The van der Waals surface area contributed by atoms with Gasteiger partial charge in [-0.05, 0) is 43.7 Å². The minimum atomic E-state index is 0.0794. The summed E-state index contributed by atoms with van der Waals surface area (Å²) in [6, 6.07) is 6.26. The number of hydrogen-bond acceptors (Lipinski definition) is 4. The number of nitrogens with one attached hydrogen (secondary N) is 1. The summed E-state index contributed by atoms with van der Waals surface area (Å²) in [5, 5.41) is 3.49. The Balaban J connectivity index is 2.44. The fourth-order valence-corrected chi connectivity index (χ4v) is 2.32. The molecular formula is C16H21N3O. The van der Waals surface area contributed by atoms with E-state index in [1.54, 1.807) is 13.3 Å². The molecule has 0 fully saturated rings. The predicted octanol–water partition coefficient (Wildman–Crippen LogP) is 2.80. The Morgan fingerprint density at radius 3 is 2.70 bits per heavy atom. The molecule has 0 aromatic carbocycles. The molecule has 0 aliphatic heterocycles. The van der Waals surface area contributed by atoms with Crippen molar-refractivity contribution < 1.29 is 4.74 Å². The summed E-state index contributed by atoms with van der Waals surface area (Å²) in [6.07, 6.45) is 3.59. The molecule has 4 nitrogen and oxygen atoms in total. The molecular weight excluding hydrogens is 250 g/mol. The summed E-state index contributed by atoms with van der Waals surface area (Å²) < 4.78 is 5.26. The van der Waals surface area contributed by atoms with Gasteiger partial charge in [0.15, 0.2) is 0 Å². The molecule has 106 valence electrons. The van der Waals surface area contributed by atoms with Crippen LogP contribution in [0.2, 0.25) is 0 Å². The van der Waals surface area contributed by atoms with Crippen LogP contribution >= 0.6 is 0 Å². The maximum absolute atomic E-state index is 5.26. The standard InChI is InChI=1S/C16H21N3O/c1-5-18-16(13-8-14(20-4)10-17-9-13)15-7-6-11(2)19-12(15)3/h6-10,16,18H,5H2,1-4H3. The van der Waals surface area contributed by atoms with Crippen LogP contribution in [0.3, 0.4) is 0 Å². The van der Waals surface area contributed by atoms with Crippen LogP contribution in [0.25, 0.3) is 0 Å². The third kappa shape index (κ3) is 3.14. The summed E-state index contributed by atoms with van der Waals surface area (Å²) in [6.45, 7) is 7.01. The van der Waals surface area contributed by atoms with Crippen molar-refractivity contribution >= 4 is 0 Å². The highest BCUT2D eigenvalue weighted by Gasteiger charge is 2.17. The Hall–Kier alpha value is -1.94. The molecule has 0 spiro atoms. The molecule has 20 heavy (non-hydrogen) atoms. The van der Waals surface area contributed by atoms with Crippen LogP contribution in [0, 0.1) is 13.8 Å². The van der Waals surface area contributed by atoms with Gasteiger partial charge in [0.2, 0.25) is 0 Å². The minimum absolute atomic E-state index is 0.0794. The first kappa shape index (κ1) is 14.5. The van der Waals surface area contributed by atoms with Crippen molar-refractivity contribution in [2.75, 3.05) is 13.7 Å². The third-order valence-corrected chi connectivity index (χ3v) is 3.29. The Bertz CT molecular complexity index is 584. The lowest BCUT2D eigenvalue weighted by atomic mass is 9.98. The van der Waals surface area contributed by atoms with Crippen LogP contribution in [0.5, 0.6) is 5.75 Å². The summed E-state index contributed by atoms with van der Waals surface area (Å²) in [5.74, 6) is 0.767. The van der Waals surface area contributed by atoms with E-state index in [4.69, 9.17) is 4.74 Å². The van der Waals surface area contributed by atoms with E-state index in [1.807, 2.05) is 32.2 Å². The van der Waals surface area contributed by atoms with E-state index in [0.717, 1.165) is 29.2 Å². The number of nitrogens with zero attached hydrogens (tertiary/aromatic N) is 2. The first-order valence-corrected chi connectivity index (χ1v) is 6.82. The quantitative estimate of drug-likeness (QED) is 0.908. The fraction of sp³-hybridized carbons (Fsp3) is 0.375. The van der Waals surface area contributed by atoms with Gasteiger partial charge in [-0.1, -0.05) is 13.0 Å². The third-order valence-electron chi connectivity index (χ3n) is 3.29. The molecule has 0 aliphatic rings. The molecule has 2 heterocycles. The predicted molar refractivity (Wildman–Crippen MR) is 80.0 cm³/mol. The average Bonchev–Trinajstić information content (AvgIpc) is 2.45. The van der Waals surface area contributed by atoms with E-state index >= 15 is 0 Å². The molecule has 2 aromatic rings. The van der Waals surface area contributed by atoms with Gasteiger partial charge in [0.25, 0.3) is 0 Å². The molecule has 1 unspecified atom stereocenters. The van der Waals surface area contributed by atoms with Gasteiger partial charge in [0.1, 0.15) is 5.75 Å². The molecule has 1 N–H and O–H groups in total. The summed E-state index contributed by atoms with van der Waals surface area (Å²) in [5.41, 5.74) is 4.33. The Morgan fingerprint density at radius 1 is 1.25 bits per heavy atom. The van der Waals surface area contributed by atoms with E-state index in [1.165, 1.54) is 5.56 Å². The van der Waals surface area contributed by atoms with Crippen LogP contribution in [0.15, 0.2) is 30.6 Å². The van der Waals surface area contributed by atoms with Gasteiger partial charge in [0.05, 0.1) is 19.3 Å². The van der Waals surface area contributed by atoms with E-state index < -0.39 is 0 Å². The maximum atomic E-state index is 5.26. The smallest absolute Gasteiger partial charge is 0.137 e. The Labute approximate surface area is 120 Å². The van der Waals surface area contributed by atoms with Crippen LogP contribution < -0.4 is 10.1 Å². The van der Waals surface area contributed by atoms with Gasteiger partial charge in [-0.2, -0.15) is 0 Å². The molecule has 0 aliphatic carbocycles. The first-order valence-electron chi connectivity index (χ1n) is 6.82. The maximum Gasteiger partial charge on any atom is 0.137 e. The first-order chi connectivity index (χ1) is 9.65. The van der Waals surface area contributed by atoms with E-state index in [2.05, 4.69) is 28.3 Å². The zero-order valence-electron chi connectivity index (χ0n) is 12.5. The Morgan fingerprint density at radius 2 is 2.05 bits per heavy atom. The zero-order chi connectivity index (χ0) is 14.5. The lowest BCUT2D eigenvalue weighted by Gasteiger charge is -2.20. The summed E-state index contributed by atoms with van der Waals surface area (Å²) in [4.78, 5) is 8.80. The fourth-order valence-electron chi connectivity index (χ4n) is 2.32. The van der Waals surface area contributed by atoms with E-state index in [-0.39, 0.29) is 6.04 Å². The lowest BCUT2D eigenvalue weighted by Crippen LogP contribution is -2.23. The Kier molecular flexibility index (Phi) is 4.69. The summed E-state index contributed by atoms with van der Waals surface area (Å²) >= 11 is 0. The molecule has 0 amide bonds. The van der Waals surface area contributed by atoms with Crippen molar-refractivity contribution in [2.45, 2.75) is 26.8 Å². The van der Waals surface area contributed by atoms with Crippen molar-refractivity contribution in [3.8, 4) is 5.75 Å². The molecule has 0 radical (unpaired) electrons. The van der Waals surface area contributed by atoms with Gasteiger partial charge in [-0.15, -0.1) is 0 Å². The van der Waals surface area contributed by atoms with Crippen LogP contribution in [-0.2, 0) is 0 Å². The number of methoxy groups -OCH3 is 1.